The molecule has 7 heteroatoms. The SMILES string of the molecule is Cn1ncc(CNCc2ccccc2)c1S(N)(=O)=O. The monoisotopic (exact) mass is 280 g/mol. The molecule has 0 radical (unpaired) electrons. The average Bonchev–Trinajstić information content (AvgIpc) is 2.72. The van der Waals surface area contributed by atoms with Gasteiger partial charge < -0.3 is 5.32 Å². The standard InChI is InChI=1S/C12H16N4O2S/c1-16-12(19(13,17)18)11(9-15-16)8-14-7-10-5-3-2-4-6-10/h2-6,9,14H,7-8H2,1H3,(H2,13,17,18). The summed E-state index contributed by atoms with van der Waals surface area (Å²) in [7, 11) is -2.20. The summed E-state index contributed by atoms with van der Waals surface area (Å²) in [5, 5.41) is 12.3. The first-order valence-corrected chi connectivity index (χ1v) is 7.31. The van der Waals surface area contributed by atoms with Crippen molar-refractivity contribution in [1.29, 1.82) is 0 Å². The van der Waals surface area contributed by atoms with Gasteiger partial charge in [-0.05, 0) is 5.56 Å². The Labute approximate surface area is 112 Å². The van der Waals surface area contributed by atoms with E-state index in [9.17, 15) is 8.42 Å². The van der Waals surface area contributed by atoms with Crippen molar-refractivity contribution < 1.29 is 8.42 Å². The number of hydrogen-bond donors (Lipinski definition) is 2. The fourth-order valence-corrected chi connectivity index (χ4v) is 2.80. The predicted octanol–water partition coefficient (Wildman–Crippen LogP) is 0.357. The number of primary sulfonamides is 1. The van der Waals surface area contributed by atoms with E-state index in [1.807, 2.05) is 30.3 Å². The molecule has 0 saturated carbocycles. The van der Waals surface area contributed by atoms with E-state index in [1.54, 1.807) is 7.05 Å². The summed E-state index contributed by atoms with van der Waals surface area (Å²) in [6.07, 6.45) is 1.51. The van der Waals surface area contributed by atoms with Gasteiger partial charge >= 0.3 is 0 Å². The van der Waals surface area contributed by atoms with Gasteiger partial charge in [-0.25, -0.2) is 13.6 Å². The number of rotatable bonds is 5. The summed E-state index contributed by atoms with van der Waals surface area (Å²) in [6.45, 7) is 1.05. The molecule has 0 spiro atoms. The zero-order valence-corrected chi connectivity index (χ0v) is 11.4. The summed E-state index contributed by atoms with van der Waals surface area (Å²) in [5.74, 6) is 0. The van der Waals surface area contributed by atoms with Crippen LogP contribution < -0.4 is 10.5 Å². The Morgan fingerprint density at radius 3 is 2.58 bits per heavy atom. The van der Waals surface area contributed by atoms with Crippen LogP contribution in [0.15, 0.2) is 41.6 Å². The highest BCUT2D eigenvalue weighted by Crippen LogP contribution is 2.12. The molecule has 1 aromatic carbocycles. The van der Waals surface area contributed by atoms with Crippen LogP contribution in [0.4, 0.5) is 0 Å². The maximum atomic E-state index is 11.5. The third-order valence-electron chi connectivity index (χ3n) is 2.71. The molecule has 0 unspecified atom stereocenters. The van der Waals surface area contributed by atoms with Crippen LogP contribution in [0.2, 0.25) is 0 Å². The molecule has 0 amide bonds. The molecule has 0 atom stereocenters. The molecule has 6 nitrogen and oxygen atoms in total. The van der Waals surface area contributed by atoms with E-state index in [2.05, 4.69) is 10.4 Å². The van der Waals surface area contributed by atoms with Gasteiger partial charge in [-0.3, -0.25) is 4.68 Å². The van der Waals surface area contributed by atoms with Gasteiger partial charge in [-0.2, -0.15) is 5.10 Å². The van der Waals surface area contributed by atoms with Crippen molar-refractivity contribution in [2.45, 2.75) is 18.1 Å². The number of benzene rings is 1. The van der Waals surface area contributed by atoms with Gasteiger partial charge in [-0.1, -0.05) is 30.3 Å². The van der Waals surface area contributed by atoms with Crippen LogP contribution >= 0.6 is 0 Å². The lowest BCUT2D eigenvalue weighted by Gasteiger charge is -2.06. The minimum Gasteiger partial charge on any atom is -0.308 e. The highest BCUT2D eigenvalue weighted by Gasteiger charge is 2.18. The van der Waals surface area contributed by atoms with Gasteiger partial charge in [0.15, 0.2) is 5.03 Å². The van der Waals surface area contributed by atoms with Gasteiger partial charge in [0.2, 0.25) is 0 Å². The van der Waals surface area contributed by atoms with Crippen LogP contribution in [-0.4, -0.2) is 18.2 Å². The van der Waals surface area contributed by atoms with Crippen molar-refractivity contribution in [3.8, 4) is 0 Å². The van der Waals surface area contributed by atoms with Crippen LogP contribution in [0.1, 0.15) is 11.1 Å². The molecule has 19 heavy (non-hydrogen) atoms. The van der Waals surface area contributed by atoms with Crippen LogP contribution in [0, 0.1) is 0 Å². The largest absolute Gasteiger partial charge is 0.308 e. The minimum atomic E-state index is -3.76. The molecule has 1 heterocycles. The molecule has 0 saturated heterocycles. The second kappa shape index (κ2) is 5.52. The van der Waals surface area contributed by atoms with E-state index in [-0.39, 0.29) is 5.03 Å². The van der Waals surface area contributed by atoms with Gasteiger partial charge in [0, 0.05) is 25.7 Å². The quantitative estimate of drug-likeness (QED) is 0.827. The van der Waals surface area contributed by atoms with Gasteiger partial charge in [0.25, 0.3) is 10.0 Å². The number of nitrogens with two attached hydrogens (primary N) is 1. The lowest BCUT2D eigenvalue weighted by molar-refractivity contribution is 0.573. The number of nitrogens with one attached hydrogen (secondary N) is 1. The summed E-state index contributed by atoms with van der Waals surface area (Å²) in [6, 6.07) is 9.85. The summed E-state index contributed by atoms with van der Waals surface area (Å²) in [5.41, 5.74) is 1.70. The Morgan fingerprint density at radius 1 is 1.26 bits per heavy atom. The van der Waals surface area contributed by atoms with E-state index in [0.29, 0.717) is 18.7 Å². The summed E-state index contributed by atoms with van der Waals surface area (Å²) >= 11 is 0. The highest BCUT2D eigenvalue weighted by atomic mass is 32.2. The molecule has 3 N–H and O–H groups in total. The number of aryl methyl sites for hydroxylation is 1. The fraction of sp³-hybridized carbons (Fsp3) is 0.250. The molecular formula is C12H16N4O2S. The molecule has 102 valence electrons. The van der Waals surface area contributed by atoms with E-state index in [4.69, 9.17) is 5.14 Å². The first kappa shape index (κ1) is 13.7. The lowest BCUT2D eigenvalue weighted by Crippen LogP contribution is -2.20. The Morgan fingerprint density at radius 2 is 1.95 bits per heavy atom. The van der Waals surface area contributed by atoms with E-state index >= 15 is 0 Å². The number of sulfonamides is 1. The summed E-state index contributed by atoms with van der Waals surface area (Å²) in [4.78, 5) is 0. The Bertz CT molecular complexity index is 650. The van der Waals surface area contributed by atoms with Gasteiger partial charge in [-0.15, -0.1) is 0 Å². The van der Waals surface area contributed by atoms with E-state index in [0.717, 1.165) is 5.56 Å². The molecule has 2 rings (SSSR count). The van der Waals surface area contributed by atoms with Crippen molar-refractivity contribution in [3.05, 3.63) is 47.7 Å². The third kappa shape index (κ3) is 3.40. The molecule has 1 aromatic heterocycles. The average molecular weight is 280 g/mol. The number of aromatic nitrogens is 2. The third-order valence-corrected chi connectivity index (χ3v) is 3.78. The number of nitrogens with zero attached hydrogens (tertiary/aromatic N) is 2. The first-order chi connectivity index (χ1) is 8.98. The van der Waals surface area contributed by atoms with Crippen molar-refractivity contribution in [2.75, 3.05) is 0 Å². The van der Waals surface area contributed by atoms with Crippen molar-refractivity contribution >= 4 is 10.0 Å². The molecule has 0 fully saturated rings. The molecular weight excluding hydrogens is 264 g/mol. The van der Waals surface area contributed by atoms with Crippen molar-refractivity contribution in [2.24, 2.45) is 12.2 Å². The normalized spacial score (nSPS) is 11.7. The van der Waals surface area contributed by atoms with Crippen LogP contribution in [0.5, 0.6) is 0 Å². The van der Waals surface area contributed by atoms with Crippen LogP contribution in [0.3, 0.4) is 0 Å². The fourth-order valence-electron chi connectivity index (χ4n) is 1.90. The van der Waals surface area contributed by atoms with Gasteiger partial charge in [0.05, 0.1) is 6.20 Å². The summed E-state index contributed by atoms with van der Waals surface area (Å²) < 4.78 is 24.2. The smallest absolute Gasteiger partial charge is 0.255 e. The van der Waals surface area contributed by atoms with E-state index in [1.165, 1.54) is 10.9 Å². The predicted molar refractivity (Wildman–Crippen MR) is 71.6 cm³/mol. The second-order valence-corrected chi connectivity index (χ2v) is 5.71. The maximum absolute atomic E-state index is 11.5. The zero-order valence-electron chi connectivity index (χ0n) is 10.6. The van der Waals surface area contributed by atoms with Crippen LogP contribution in [-0.2, 0) is 30.2 Å². The molecule has 0 aliphatic carbocycles. The molecule has 2 aromatic rings. The Balaban J connectivity index is 2.05. The number of hydrogen-bond acceptors (Lipinski definition) is 4. The molecule has 0 aliphatic heterocycles. The highest BCUT2D eigenvalue weighted by molar-refractivity contribution is 7.89. The van der Waals surface area contributed by atoms with E-state index < -0.39 is 10.0 Å². The van der Waals surface area contributed by atoms with Gasteiger partial charge in [0.1, 0.15) is 0 Å². The van der Waals surface area contributed by atoms with Crippen molar-refractivity contribution in [3.63, 3.8) is 0 Å². The van der Waals surface area contributed by atoms with Crippen LogP contribution in [0.25, 0.3) is 0 Å². The lowest BCUT2D eigenvalue weighted by atomic mass is 10.2. The first-order valence-electron chi connectivity index (χ1n) is 5.77. The molecule has 0 bridgehead atoms. The maximum Gasteiger partial charge on any atom is 0.255 e. The Kier molecular flexibility index (Phi) is 3.98. The topological polar surface area (TPSA) is 90.0 Å². The minimum absolute atomic E-state index is 0.0491. The second-order valence-electron chi connectivity index (χ2n) is 4.23. The zero-order chi connectivity index (χ0) is 13.9. The van der Waals surface area contributed by atoms with Crippen molar-refractivity contribution in [1.82, 2.24) is 15.1 Å². The molecule has 0 aliphatic rings. The Hall–Kier alpha value is -1.70.